The molecule has 0 amide bonds. The van der Waals surface area contributed by atoms with Crippen molar-refractivity contribution in [3.8, 4) is 17.2 Å². The molecule has 1 aliphatic heterocycles. The summed E-state index contributed by atoms with van der Waals surface area (Å²) < 4.78 is 11.8. The van der Waals surface area contributed by atoms with Gasteiger partial charge in [-0.05, 0) is 69.6 Å². The molecular formula is C24H33NO2. The summed E-state index contributed by atoms with van der Waals surface area (Å²) in [6.45, 7) is 4.72. The number of para-hydroxylation sites is 1. The summed E-state index contributed by atoms with van der Waals surface area (Å²) in [4.78, 5) is 2.64. The van der Waals surface area contributed by atoms with Crippen LogP contribution in [-0.2, 0) is 0 Å². The van der Waals surface area contributed by atoms with Crippen molar-refractivity contribution in [3.63, 3.8) is 0 Å². The Balaban J connectivity index is 1.25. The van der Waals surface area contributed by atoms with Gasteiger partial charge in [-0.15, -0.1) is 0 Å². The van der Waals surface area contributed by atoms with Crippen LogP contribution in [0.5, 0.6) is 17.2 Å². The van der Waals surface area contributed by atoms with E-state index in [-0.39, 0.29) is 0 Å². The van der Waals surface area contributed by atoms with Gasteiger partial charge < -0.3 is 14.4 Å². The Labute approximate surface area is 164 Å². The zero-order chi connectivity index (χ0) is 18.6. The normalized spacial score (nSPS) is 14.8. The first-order valence-electron chi connectivity index (χ1n) is 10.6. The van der Waals surface area contributed by atoms with Crippen molar-refractivity contribution in [1.29, 1.82) is 0 Å². The first-order chi connectivity index (χ1) is 13.4. The Morgan fingerprint density at radius 2 is 1.37 bits per heavy atom. The number of ether oxygens (including phenoxy) is 2. The Morgan fingerprint density at radius 1 is 0.667 bits per heavy atom. The van der Waals surface area contributed by atoms with E-state index in [1.54, 1.807) is 0 Å². The van der Waals surface area contributed by atoms with E-state index in [0.717, 1.165) is 30.3 Å². The van der Waals surface area contributed by atoms with Gasteiger partial charge in [0.15, 0.2) is 0 Å². The third-order valence-corrected chi connectivity index (χ3v) is 5.12. The average Bonchev–Trinajstić information content (AvgIpc) is 2.72. The van der Waals surface area contributed by atoms with Crippen molar-refractivity contribution < 1.29 is 9.47 Å². The van der Waals surface area contributed by atoms with Crippen LogP contribution < -0.4 is 9.47 Å². The Morgan fingerprint density at radius 3 is 2.22 bits per heavy atom. The Kier molecular flexibility index (Phi) is 8.53. The molecule has 3 rings (SSSR count). The highest BCUT2D eigenvalue weighted by molar-refractivity contribution is 5.36. The summed E-state index contributed by atoms with van der Waals surface area (Å²) in [5.41, 5.74) is 0. The smallest absolute Gasteiger partial charge is 0.131 e. The highest BCUT2D eigenvalue weighted by Gasteiger charge is 2.08. The molecule has 3 nitrogen and oxygen atoms in total. The van der Waals surface area contributed by atoms with Gasteiger partial charge in [0.25, 0.3) is 0 Å². The average molecular weight is 368 g/mol. The van der Waals surface area contributed by atoms with Gasteiger partial charge in [-0.1, -0.05) is 49.9 Å². The highest BCUT2D eigenvalue weighted by atomic mass is 16.5. The van der Waals surface area contributed by atoms with E-state index in [0.29, 0.717) is 0 Å². The van der Waals surface area contributed by atoms with Crippen molar-refractivity contribution in [1.82, 2.24) is 4.90 Å². The number of benzene rings is 2. The number of hydrogen-bond donors (Lipinski definition) is 0. The van der Waals surface area contributed by atoms with Crippen molar-refractivity contribution in [3.05, 3.63) is 54.6 Å². The molecule has 1 heterocycles. The number of piperidine rings is 1. The Hall–Kier alpha value is -2.00. The first-order valence-corrected chi connectivity index (χ1v) is 10.6. The van der Waals surface area contributed by atoms with E-state index in [9.17, 15) is 0 Å². The van der Waals surface area contributed by atoms with Crippen LogP contribution in [0.3, 0.4) is 0 Å². The fraction of sp³-hybridized carbons (Fsp3) is 0.500. The fourth-order valence-corrected chi connectivity index (χ4v) is 3.59. The lowest BCUT2D eigenvalue weighted by Gasteiger charge is -2.26. The minimum atomic E-state index is 0.779. The summed E-state index contributed by atoms with van der Waals surface area (Å²) in [5.74, 6) is 2.55. The number of nitrogens with zero attached hydrogens (tertiary/aromatic N) is 1. The maximum absolute atomic E-state index is 5.90. The lowest BCUT2D eigenvalue weighted by atomic mass is 10.1. The lowest BCUT2D eigenvalue weighted by molar-refractivity contribution is 0.223. The molecule has 1 saturated heterocycles. The molecule has 0 unspecified atom stereocenters. The molecule has 0 bridgehead atoms. The molecule has 27 heavy (non-hydrogen) atoms. The van der Waals surface area contributed by atoms with Gasteiger partial charge in [0.2, 0.25) is 0 Å². The van der Waals surface area contributed by atoms with Crippen LogP contribution >= 0.6 is 0 Å². The molecule has 2 aromatic carbocycles. The van der Waals surface area contributed by atoms with Crippen LogP contribution in [0.4, 0.5) is 0 Å². The van der Waals surface area contributed by atoms with Gasteiger partial charge in [-0.25, -0.2) is 0 Å². The maximum Gasteiger partial charge on any atom is 0.131 e. The van der Waals surface area contributed by atoms with Crippen LogP contribution in [0.2, 0.25) is 0 Å². The molecule has 0 aromatic heterocycles. The molecule has 146 valence electrons. The van der Waals surface area contributed by atoms with Crippen LogP contribution in [0.25, 0.3) is 0 Å². The molecule has 0 N–H and O–H groups in total. The predicted octanol–water partition coefficient (Wildman–Crippen LogP) is 6.29. The van der Waals surface area contributed by atoms with Crippen LogP contribution in [0.15, 0.2) is 54.6 Å². The van der Waals surface area contributed by atoms with Crippen molar-refractivity contribution in [2.45, 2.75) is 51.4 Å². The largest absolute Gasteiger partial charge is 0.493 e. The SMILES string of the molecule is c1ccc(Oc2cccc(OCCCCCCCN3CCCCC3)c2)cc1. The molecule has 0 radical (unpaired) electrons. The number of hydrogen-bond acceptors (Lipinski definition) is 3. The standard InChI is InChI=1S/C24H33NO2/c1(2-8-17-25-18-9-5-10-19-25)3-11-20-26-23-15-12-16-24(21-23)27-22-13-6-4-7-14-22/h4,6-7,12-16,21H,1-3,5,8-11,17-20H2. The van der Waals surface area contributed by atoms with Crippen LogP contribution in [0.1, 0.15) is 51.4 Å². The van der Waals surface area contributed by atoms with Crippen molar-refractivity contribution in [2.75, 3.05) is 26.2 Å². The molecule has 1 aliphatic rings. The fourth-order valence-electron chi connectivity index (χ4n) is 3.59. The van der Waals surface area contributed by atoms with E-state index in [2.05, 4.69) is 4.90 Å². The van der Waals surface area contributed by atoms with E-state index in [1.807, 2.05) is 54.6 Å². The third kappa shape index (κ3) is 7.64. The van der Waals surface area contributed by atoms with Crippen LogP contribution in [0, 0.1) is 0 Å². The van der Waals surface area contributed by atoms with Gasteiger partial charge in [0.1, 0.15) is 17.2 Å². The molecule has 1 fully saturated rings. The van der Waals surface area contributed by atoms with Crippen molar-refractivity contribution >= 4 is 0 Å². The van der Waals surface area contributed by atoms with E-state index in [4.69, 9.17) is 9.47 Å². The minimum absolute atomic E-state index is 0.779. The molecule has 2 aromatic rings. The third-order valence-electron chi connectivity index (χ3n) is 5.12. The van der Waals surface area contributed by atoms with E-state index < -0.39 is 0 Å². The highest BCUT2D eigenvalue weighted by Crippen LogP contribution is 2.25. The molecule has 0 saturated carbocycles. The van der Waals surface area contributed by atoms with Gasteiger partial charge >= 0.3 is 0 Å². The summed E-state index contributed by atoms with van der Waals surface area (Å²) in [6.07, 6.45) is 10.6. The van der Waals surface area contributed by atoms with E-state index in [1.165, 1.54) is 64.6 Å². The molecular weight excluding hydrogens is 334 g/mol. The molecule has 0 aliphatic carbocycles. The van der Waals surface area contributed by atoms with Gasteiger partial charge in [0.05, 0.1) is 6.61 Å². The van der Waals surface area contributed by atoms with Gasteiger partial charge in [-0.2, -0.15) is 0 Å². The maximum atomic E-state index is 5.90. The summed E-state index contributed by atoms with van der Waals surface area (Å²) in [7, 11) is 0. The number of likely N-dealkylation sites (tertiary alicyclic amines) is 1. The molecule has 0 spiro atoms. The zero-order valence-electron chi connectivity index (χ0n) is 16.4. The zero-order valence-corrected chi connectivity index (χ0v) is 16.4. The monoisotopic (exact) mass is 367 g/mol. The second-order valence-electron chi connectivity index (χ2n) is 7.41. The number of rotatable bonds is 11. The van der Waals surface area contributed by atoms with Crippen LogP contribution in [-0.4, -0.2) is 31.1 Å². The Bertz CT molecular complexity index is 638. The lowest BCUT2D eigenvalue weighted by Crippen LogP contribution is -2.30. The summed E-state index contributed by atoms with van der Waals surface area (Å²) in [6, 6.07) is 17.8. The summed E-state index contributed by atoms with van der Waals surface area (Å²) >= 11 is 0. The second-order valence-corrected chi connectivity index (χ2v) is 7.41. The quantitative estimate of drug-likeness (QED) is 0.435. The molecule has 3 heteroatoms. The van der Waals surface area contributed by atoms with E-state index >= 15 is 0 Å². The topological polar surface area (TPSA) is 21.7 Å². The molecule has 0 atom stereocenters. The summed E-state index contributed by atoms with van der Waals surface area (Å²) in [5, 5.41) is 0. The van der Waals surface area contributed by atoms with Gasteiger partial charge in [0, 0.05) is 6.07 Å². The van der Waals surface area contributed by atoms with Gasteiger partial charge in [-0.3, -0.25) is 0 Å². The van der Waals surface area contributed by atoms with Crippen molar-refractivity contribution in [2.24, 2.45) is 0 Å². The first kappa shape index (κ1) is 19.8. The minimum Gasteiger partial charge on any atom is -0.493 e. The number of unbranched alkanes of at least 4 members (excludes halogenated alkanes) is 4. The predicted molar refractivity (Wildman–Crippen MR) is 112 cm³/mol. The second kappa shape index (κ2) is 11.7.